The van der Waals surface area contributed by atoms with E-state index >= 15 is 0 Å². The Balaban J connectivity index is 0.00000121. The summed E-state index contributed by atoms with van der Waals surface area (Å²) in [5, 5.41) is 9.38. The summed E-state index contributed by atoms with van der Waals surface area (Å²) in [6.07, 6.45) is 0. The highest BCUT2D eigenvalue weighted by Gasteiger charge is 1.92. The minimum atomic E-state index is -0.306. The largest absolute Gasteiger partial charge is 0.370 e. The lowest BCUT2D eigenvalue weighted by Gasteiger charge is -2.01. The standard InChI is InChI=1S/C7H8FN3.ClH/c8-5-1-3-6(4-2-5)11-7(9)10;/h1-4H,(H4,9,10,11);1H. The third-order valence-corrected chi connectivity index (χ3v) is 1.12. The number of halogens is 2. The fourth-order valence-corrected chi connectivity index (χ4v) is 0.689. The summed E-state index contributed by atoms with van der Waals surface area (Å²) in [6, 6.07) is 5.62. The monoisotopic (exact) mass is 189 g/mol. The Morgan fingerprint density at radius 1 is 1.33 bits per heavy atom. The van der Waals surface area contributed by atoms with Crippen molar-refractivity contribution < 1.29 is 4.39 Å². The molecule has 0 saturated carbocycles. The Kier molecular flexibility index (Phi) is 4.07. The fraction of sp³-hybridized carbons (Fsp3) is 0. The van der Waals surface area contributed by atoms with Crippen LogP contribution in [0.2, 0.25) is 0 Å². The van der Waals surface area contributed by atoms with Gasteiger partial charge in [0.25, 0.3) is 0 Å². The van der Waals surface area contributed by atoms with Gasteiger partial charge < -0.3 is 11.1 Å². The molecular weight excluding hydrogens is 181 g/mol. The highest BCUT2D eigenvalue weighted by molar-refractivity contribution is 5.89. The summed E-state index contributed by atoms with van der Waals surface area (Å²) >= 11 is 0. The first-order valence-electron chi connectivity index (χ1n) is 3.05. The number of hydrogen-bond acceptors (Lipinski definition) is 1. The van der Waals surface area contributed by atoms with E-state index in [-0.39, 0.29) is 24.2 Å². The van der Waals surface area contributed by atoms with E-state index in [1.165, 1.54) is 24.3 Å². The maximum absolute atomic E-state index is 12.3. The Morgan fingerprint density at radius 2 is 1.83 bits per heavy atom. The number of guanidine groups is 1. The van der Waals surface area contributed by atoms with Gasteiger partial charge in [0.15, 0.2) is 5.96 Å². The topological polar surface area (TPSA) is 61.9 Å². The van der Waals surface area contributed by atoms with Gasteiger partial charge in [-0.3, -0.25) is 5.41 Å². The number of rotatable bonds is 1. The molecule has 0 aromatic heterocycles. The second kappa shape index (κ2) is 4.56. The van der Waals surface area contributed by atoms with Crippen molar-refractivity contribution >= 4 is 24.1 Å². The van der Waals surface area contributed by atoms with Gasteiger partial charge in [0, 0.05) is 5.69 Å². The molecular formula is C7H9ClFN3. The SMILES string of the molecule is Cl.N=C(N)Nc1ccc(F)cc1. The van der Waals surface area contributed by atoms with Crippen molar-refractivity contribution in [3.8, 4) is 0 Å². The van der Waals surface area contributed by atoms with Gasteiger partial charge in [-0.15, -0.1) is 12.4 Å². The van der Waals surface area contributed by atoms with Crippen LogP contribution in [0.25, 0.3) is 0 Å². The van der Waals surface area contributed by atoms with Crippen molar-refractivity contribution in [3.05, 3.63) is 30.1 Å². The van der Waals surface area contributed by atoms with E-state index < -0.39 is 0 Å². The third-order valence-electron chi connectivity index (χ3n) is 1.12. The first-order chi connectivity index (χ1) is 5.18. The first kappa shape index (κ1) is 10.7. The van der Waals surface area contributed by atoms with Crippen LogP contribution in [0.5, 0.6) is 0 Å². The predicted molar refractivity (Wildman–Crippen MR) is 49.2 cm³/mol. The molecule has 0 radical (unpaired) electrons. The third kappa shape index (κ3) is 3.21. The molecule has 3 nitrogen and oxygen atoms in total. The lowest BCUT2D eigenvalue weighted by molar-refractivity contribution is 0.628. The molecule has 66 valence electrons. The van der Waals surface area contributed by atoms with Gasteiger partial charge in [0.1, 0.15) is 5.82 Å². The maximum Gasteiger partial charge on any atom is 0.190 e. The summed E-state index contributed by atoms with van der Waals surface area (Å²) in [5.74, 6) is -0.462. The Hall–Kier alpha value is -1.29. The van der Waals surface area contributed by atoms with Crippen LogP contribution in [0.4, 0.5) is 10.1 Å². The quantitative estimate of drug-likeness (QED) is 0.464. The highest BCUT2D eigenvalue weighted by Crippen LogP contribution is 2.06. The molecule has 0 aliphatic heterocycles. The summed E-state index contributed by atoms with van der Waals surface area (Å²) < 4.78 is 12.3. The average molecular weight is 190 g/mol. The fourth-order valence-electron chi connectivity index (χ4n) is 0.689. The van der Waals surface area contributed by atoms with Crippen molar-refractivity contribution in [1.29, 1.82) is 5.41 Å². The molecule has 1 rings (SSSR count). The number of nitrogens with two attached hydrogens (primary N) is 1. The summed E-state index contributed by atoms with van der Waals surface area (Å²) in [7, 11) is 0. The van der Waals surface area contributed by atoms with E-state index in [2.05, 4.69) is 5.32 Å². The Labute approximate surface area is 75.7 Å². The second-order valence-corrected chi connectivity index (χ2v) is 2.05. The average Bonchev–Trinajstić information content (AvgIpc) is 1.93. The molecule has 1 aromatic rings. The second-order valence-electron chi connectivity index (χ2n) is 2.05. The van der Waals surface area contributed by atoms with Crippen LogP contribution in [0.1, 0.15) is 0 Å². The molecule has 12 heavy (non-hydrogen) atoms. The van der Waals surface area contributed by atoms with Gasteiger partial charge in [-0.1, -0.05) is 0 Å². The molecule has 5 heteroatoms. The normalized spacial score (nSPS) is 8.42. The van der Waals surface area contributed by atoms with Gasteiger partial charge in [0.2, 0.25) is 0 Å². The van der Waals surface area contributed by atoms with Crippen LogP contribution in [-0.4, -0.2) is 5.96 Å². The van der Waals surface area contributed by atoms with Gasteiger partial charge in [0.05, 0.1) is 0 Å². The summed E-state index contributed by atoms with van der Waals surface area (Å²) in [5.41, 5.74) is 5.65. The molecule has 0 saturated heterocycles. The lowest BCUT2D eigenvalue weighted by Crippen LogP contribution is -2.20. The van der Waals surface area contributed by atoms with Crippen LogP contribution < -0.4 is 11.1 Å². The van der Waals surface area contributed by atoms with E-state index in [0.717, 1.165) is 0 Å². The van der Waals surface area contributed by atoms with Crippen molar-refractivity contribution in [2.45, 2.75) is 0 Å². The number of nitrogens with one attached hydrogen (secondary N) is 2. The summed E-state index contributed by atoms with van der Waals surface area (Å²) in [4.78, 5) is 0. The Bertz CT molecular complexity index is 260. The van der Waals surface area contributed by atoms with Crippen molar-refractivity contribution in [2.24, 2.45) is 5.73 Å². The molecule has 0 bridgehead atoms. The Morgan fingerprint density at radius 3 is 2.25 bits per heavy atom. The molecule has 4 N–H and O–H groups in total. The number of anilines is 1. The van der Waals surface area contributed by atoms with Crippen molar-refractivity contribution in [3.63, 3.8) is 0 Å². The molecule has 0 aliphatic rings. The van der Waals surface area contributed by atoms with Crippen LogP contribution in [0.3, 0.4) is 0 Å². The molecule has 0 spiro atoms. The minimum absolute atomic E-state index is 0. The van der Waals surface area contributed by atoms with Crippen molar-refractivity contribution in [2.75, 3.05) is 5.32 Å². The van der Waals surface area contributed by atoms with E-state index in [9.17, 15) is 4.39 Å². The van der Waals surface area contributed by atoms with Gasteiger partial charge in [-0.25, -0.2) is 4.39 Å². The number of hydrogen-bond donors (Lipinski definition) is 3. The summed E-state index contributed by atoms with van der Waals surface area (Å²) in [6.45, 7) is 0. The lowest BCUT2D eigenvalue weighted by atomic mass is 10.3. The maximum atomic E-state index is 12.3. The van der Waals surface area contributed by atoms with E-state index in [4.69, 9.17) is 11.1 Å². The van der Waals surface area contributed by atoms with Gasteiger partial charge >= 0.3 is 0 Å². The number of benzene rings is 1. The van der Waals surface area contributed by atoms with Crippen LogP contribution in [0, 0.1) is 11.2 Å². The molecule has 0 unspecified atom stereocenters. The zero-order valence-electron chi connectivity index (χ0n) is 6.17. The molecule has 0 aliphatic carbocycles. The zero-order valence-corrected chi connectivity index (χ0v) is 6.99. The molecule has 0 atom stereocenters. The van der Waals surface area contributed by atoms with Gasteiger partial charge in [-0.05, 0) is 24.3 Å². The smallest absolute Gasteiger partial charge is 0.190 e. The van der Waals surface area contributed by atoms with Crippen molar-refractivity contribution in [1.82, 2.24) is 0 Å². The van der Waals surface area contributed by atoms with E-state index in [1.54, 1.807) is 0 Å². The highest BCUT2D eigenvalue weighted by atomic mass is 35.5. The van der Waals surface area contributed by atoms with E-state index in [1.807, 2.05) is 0 Å². The van der Waals surface area contributed by atoms with Crippen LogP contribution in [-0.2, 0) is 0 Å². The van der Waals surface area contributed by atoms with Crippen LogP contribution >= 0.6 is 12.4 Å². The van der Waals surface area contributed by atoms with E-state index in [0.29, 0.717) is 5.69 Å². The minimum Gasteiger partial charge on any atom is -0.370 e. The molecule has 0 fully saturated rings. The first-order valence-corrected chi connectivity index (χ1v) is 3.05. The van der Waals surface area contributed by atoms with Crippen LogP contribution in [0.15, 0.2) is 24.3 Å². The van der Waals surface area contributed by atoms with Gasteiger partial charge in [-0.2, -0.15) is 0 Å². The molecule has 0 amide bonds. The molecule has 0 heterocycles. The zero-order chi connectivity index (χ0) is 8.27. The molecule has 1 aromatic carbocycles. The predicted octanol–water partition coefficient (Wildman–Crippen LogP) is 1.55.